The number of furan rings is 1. The van der Waals surface area contributed by atoms with Crippen LogP contribution in [0.3, 0.4) is 0 Å². The van der Waals surface area contributed by atoms with Gasteiger partial charge in [-0.3, -0.25) is 0 Å². The number of aliphatic hydroxyl groups excluding tert-OH is 1. The van der Waals surface area contributed by atoms with E-state index in [9.17, 15) is 5.11 Å². The third-order valence-electron chi connectivity index (χ3n) is 4.32. The molecule has 0 saturated carbocycles. The second-order valence-electron chi connectivity index (χ2n) is 6.11. The third-order valence-corrected chi connectivity index (χ3v) is 4.32. The van der Waals surface area contributed by atoms with Gasteiger partial charge in [-0.1, -0.05) is 60.7 Å². The highest BCUT2D eigenvalue weighted by Crippen LogP contribution is 2.20. The monoisotopic (exact) mass is 320 g/mol. The third kappa shape index (κ3) is 4.59. The molecule has 0 bridgehead atoms. The van der Waals surface area contributed by atoms with Crippen molar-refractivity contribution in [1.29, 1.82) is 0 Å². The highest BCUT2D eigenvalue weighted by molar-refractivity contribution is 5.26. The molecule has 0 radical (unpaired) electrons. The molecule has 0 aliphatic rings. The van der Waals surface area contributed by atoms with Crippen LogP contribution in [0.1, 0.15) is 28.2 Å². The zero-order chi connectivity index (χ0) is 16.6. The Balaban J connectivity index is 1.69. The van der Waals surface area contributed by atoms with Crippen LogP contribution in [-0.2, 0) is 32.1 Å². The van der Waals surface area contributed by atoms with E-state index < -0.39 is 0 Å². The minimum atomic E-state index is 0.129. The number of aliphatic hydroxyl groups is 1. The van der Waals surface area contributed by atoms with Gasteiger partial charge in [0, 0.05) is 12.8 Å². The summed E-state index contributed by atoms with van der Waals surface area (Å²) in [6.45, 7) is 0.129. The zero-order valence-corrected chi connectivity index (χ0v) is 13.9. The van der Waals surface area contributed by atoms with E-state index in [-0.39, 0.29) is 6.61 Å². The summed E-state index contributed by atoms with van der Waals surface area (Å²) in [6, 6.07) is 23.2. The molecule has 0 unspecified atom stereocenters. The van der Waals surface area contributed by atoms with Crippen LogP contribution in [0.25, 0.3) is 0 Å². The minimum Gasteiger partial charge on any atom is -0.466 e. The van der Waals surface area contributed by atoms with E-state index >= 15 is 0 Å². The van der Waals surface area contributed by atoms with E-state index in [0.29, 0.717) is 6.42 Å². The van der Waals surface area contributed by atoms with Crippen LogP contribution in [0.5, 0.6) is 0 Å². The highest BCUT2D eigenvalue weighted by atomic mass is 16.3. The number of rotatable bonds is 8. The summed E-state index contributed by atoms with van der Waals surface area (Å²) in [4.78, 5) is 0. The molecule has 1 aromatic heterocycles. The molecule has 1 heterocycles. The largest absolute Gasteiger partial charge is 0.466 e. The van der Waals surface area contributed by atoms with E-state index in [1.165, 1.54) is 16.7 Å². The summed E-state index contributed by atoms with van der Waals surface area (Å²) < 4.78 is 6.01. The normalized spacial score (nSPS) is 10.9. The van der Waals surface area contributed by atoms with Gasteiger partial charge in [0.15, 0.2) is 0 Å². The fourth-order valence-electron chi connectivity index (χ4n) is 3.01. The second-order valence-corrected chi connectivity index (χ2v) is 6.11. The predicted molar refractivity (Wildman–Crippen MR) is 97.2 cm³/mol. The lowest BCUT2D eigenvalue weighted by molar-refractivity contribution is 0.286. The topological polar surface area (TPSA) is 33.4 Å². The van der Waals surface area contributed by atoms with Crippen molar-refractivity contribution < 1.29 is 9.52 Å². The lowest BCUT2D eigenvalue weighted by Gasteiger charge is -2.04. The number of benzene rings is 2. The highest BCUT2D eigenvalue weighted by Gasteiger charge is 2.11. The van der Waals surface area contributed by atoms with Gasteiger partial charge < -0.3 is 9.52 Å². The molecule has 0 aliphatic heterocycles. The molecular weight excluding hydrogens is 296 g/mol. The summed E-state index contributed by atoms with van der Waals surface area (Å²) in [5, 5.41) is 9.18. The zero-order valence-electron chi connectivity index (χ0n) is 13.9. The first-order valence-corrected chi connectivity index (χ1v) is 8.64. The van der Waals surface area contributed by atoms with Crippen LogP contribution < -0.4 is 0 Å². The van der Waals surface area contributed by atoms with E-state index in [2.05, 4.69) is 54.6 Å². The number of aryl methyl sites for hydroxylation is 4. The van der Waals surface area contributed by atoms with Gasteiger partial charge in [-0.2, -0.15) is 0 Å². The molecular formula is C22H24O2. The molecule has 0 fully saturated rings. The van der Waals surface area contributed by atoms with Crippen molar-refractivity contribution in [2.45, 2.75) is 32.1 Å². The quantitative estimate of drug-likeness (QED) is 0.668. The smallest absolute Gasteiger partial charge is 0.107 e. The average molecular weight is 320 g/mol. The van der Waals surface area contributed by atoms with Gasteiger partial charge in [0.2, 0.25) is 0 Å². The SMILES string of the molecule is OCCc1cc(CCc2ccccc2)c(CCc2ccccc2)o1. The van der Waals surface area contributed by atoms with Crippen LogP contribution in [0.4, 0.5) is 0 Å². The molecule has 2 heteroatoms. The van der Waals surface area contributed by atoms with Gasteiger partial charge in [-0.25, -0.2) is 0 Å². The van der Waals surface area contributed by atoms with E-state index in [0.717, 1.165) is 37.2 Å². The fraction of sp³-hybridized carbons (Fsp3) is 0.273. The van der Waals surface area contributed by atoms with Gasteiger partial charge in [0.05, 0.1) is 6.61 Å². The lowest BCUT2D eigenvalue weighted by atomic mass is 10.0. The Morgan fingerprint density at radius 2 is 1.25 bits per heavy atom. The van der Waals surface area contributed by atoms with Crippen molar-refractivity contribution in [3.63, 3.8) is 0 Å². The first-order chi connectivity index (χ1) is 11.8. The number of hydrogen-bond donors (Lipinski definition) is 1. The van der Waals surface area contributed by atoms with E-state index in [4.69, 9.17) is 4.42 Å². The van der Waals surface area contributed by atoms with Crippen molar-refractivity contribution in [1.82, 2.24) is 0 Å². The van der Waals surface area contributed by atoms with Crippen molar-refractivity contribution in [3.05, 3.63) is 94.9 Å². The van der Waals surface area contributed by atoms with Crippen LogP contribution >= 0.6 is 0 Å². The average Bonchev–Trinajstić information content (AvgIpc) is 3.02. The fourth-order valence-corrected chi connectivity index (χ4v) is 3.01. The maximum atomic E-state index is 9.18. The Morgan fingerprint density at radius 3 is 1.83 bits per heavy atom. The standard InChI is InChI=1S/C22H24O2/c23-16-15-21-17-20(13-11-18-7-3-1-4-8-18)22(24-21)14-12-19-9-5-2-6-10-19/h1-10,17,23H,11-16H2. The van der Waals surface area contributed by atoms with Gasteiger partial charge in [0.1, 0.15) is 11.5 Å². The molecule has 3 rings (SSSR count). The molecule has 0 spiro atoms. The molecule has 0 aliphatic carbocycles. The molecule has 2 nitrogen and oxygen atoms in total. The molecule has 0 amide bonds. The van der Waals surface area contributed by atoms with Gasteiger partial charge in [-0.05, 0) is 42.0 Å². The number of hydrogen-bond acceptors (Lipinski definition) is 2. The predicted octanol–water partition coefficient (Wildman–Crippen LogP) is 4.38. The molecule has 3 aromatic rings. The molecule has 24 heavy (non-hydrogen) atoms. The Morgan fingerprint density at radius 1 is 0.667 bits per heavy atom. The lowest BCUT2D eigenvalue weighted by Crippen LogP contribution is -1.96. The summed E-state index contributed by atoms with van der Waals surface area (Å²) in [6.07, 6.45) is 4.45. The summed E-state index contributed by atoms with van der Waals surface area (Å²) in [5.74, 6) is 1.96. The Bertz CT molecular complexity index is 668. The van der Waals surface area contributed by atoms with Gasteiger partial charge in [-0.15, -0.1) is 0 Å². The summed E-state index contributed by atoms with van der Waals surface area (Å²) in [7, 11) is 0. The van der Waals surface area contributed by atoms with Gasteiger partial charge in [0.25, 0.3) is 0 Å². The molecule has 1 N–H and O–H groups in total. The van der Waals surface area contributed by atoms with Crippen LogP contribution in [0.15, 0.2) is 71.1 Å². The summed E-state index contributed by atoms with van der Waals surface area (Å²) >= 11 is 0. The van der Waals surface area contributed by atoms with Crippen LogP contribution in [0, 0.1) is 0 Å². The molecule has 124 valence electrons. The minimum absolute atomic E-state index is 0.129. The molecule has 0 atom stereocenters. The first-order valence-electron chi connectivity index (χ1n) is 8.64. The first kappa shape index (κ1) is 16.5. The van der Waals surface area contributed by atoms with E-state index in [1.807, 2.05) is 12.1 Å². The summed E-state index contributed by atoms with van der Waals surface area (Å²) in [5.41, 5.74) is 3.95. The molecule has 2 aromatic carbocycles. The van der Waals surface area contributed by atoms with Crippen molar-refractivity contribution in [2.24, 2.45) is 0 Å². The Kier molecular flexibility index (Phi) is 5.86. The van der Waals surface area contributed by atoms with Crippen LogP contribution in [0.2, 0.25) is 0 Å². The molecule has 0 saturated heterocycles. The van der Waals surface area contributed by atoms with Crippen molar-refractivity contribution >= 4 is 0 Å². The van der Waals surface area contributed by atoms with Crippen LogP contribution in [-0.4, -0.2) is 11.7 Å². The van der Waals surface area contributed by atoms with E-state index in [1.54, 1.807) is 0 Å². The Labute approximate surface area is 143 Å². The Hall–Kier alpha value is -2.32. The second kappa shape index (κ2) is 8.51. The van der Waals surface area contributed by atoms with Crippen molar-refractivity contribution in [2.75, 3.05) is 6.61 Å². The maximum absolute atomic E-state index is 9.18. The van der Waals surface area contributed by atoms with Gasteiger partial charge >= 0.3 is 0 Å². The maximum Gasteiger partial charge on any atom is 0.107 e. The van der Waals surface area contributed by atoms with Crippen molar-refractivity contribution in [3.8, 4) is 0 Å².